The van der Waals surface area contributed by atoms with Crippen molar-refractivity contribution in [3.8, 4) is 5.75 Å². The van der Waals surface area contributed by atoms with E-state index in [0.29, 0.717) is 18.3 Å². The van der Waals surface area contributed by atoms with Gasteiger partial charge in [-0.25, -0.2) is 0 Å². The van der Waals surface area contributed by atoms with Crippen LogP contribution < -0.4 is 4.74 Å². The highest BCUT2D eigenvalue weighted by Crippen LogP contribution is 2.24. The van der Waals surface area contributed by atoms with E-state index < -0.39 is 0 Å². The molecular weight excluding hydrogens is 272 g/mol. The topological polar surface area (TPSA) is 18.5 Å². The van der Waals surface area contributed by atoms with Crippen LogP contribution in [0.5, 0.6) is 5.75 Å². The molecule has 0 radical (unpaired) electrons. The Morgan fingerprint density at radius 3 is 2.23 bits per heavy atom. The van der Waals surface area contributed by atoms with E-state index in [4.69, 9.17) is 9.47 Å². The van der Waals surface area contributed by atoms with Crippen molar-refractivity contribution in [2.45, 2.75) is 90.4 Å². The lowest BCUT2D eigenvalue weighted by atomic mass is 10.0. The summed E-state index contributed by atoms with van der Waals surface area (Å²) in [5.74, 6) is 1.00. The molecule has 1 fully saturated rings. The number of aryl methyl sites for hydroxylation is 1. The van der Waals surface area contributed by atoms with E-state index >= 15 is 0 Å². The van der Waals surface area contributed by atoms with E-state index in [-0.39, 0.29) is 0 Å². The molecule has 2 atom stereocenters. The Hall–Kier alpha value is -1.02. The van der Waals surface area contributed by atoms with Crippen LogP contribution in [-0.2, 0) is 11.2 Å². The molecule has 0 saturated carbocycles. The van der Waals surface area contributed by atoms with Gasteiger partial charge in [0, 0.05) is 12.8 Å². The summed E-state index contributed by atoms with van der Waals surface area (Å²) in [7, 11) is 0. The van der Waals surface area contributed by atoms with Crippen molar-refractivity contribution >= 4 is 0 Å². The zero-order chi connectivity index (χ0) is 15.8. The van der Waals surface area contributed by atoms with Gasteiger partial charge in [-0.1, -0.05) is 44.7 Å². The largest absolute Gasteiger partial charge is 0.490 e. The smallest absolute Gasteiger partial charge is 0.119 e. The minimum atomic E-state index is 0.290. The summed E-state index contributed by atoms with van der Waals surface area (Å²) in [6, 6.07) is 8.71. The number of ether oxygens (including phenoxy) is 2. The highest BCUT2D eigenvalue weighted by molar-refractivity contribution is 5.27. The molecule has 1 aliphatic heterocycles. The van der Waals surface area contributed by atoms with Crippen molar-refractivity contribution < 1.29 is 9.47 Å². The van der Waals surface area contributed by atoms with Gasteiger partial charge in [-0.2, -0.15) is 0 Å². The maximum atomic E-state index is 6.13. The van der Waals surface area contributed by atoms with Crippen molar-refractivity contribution in [3.63, 3.8) is 0 Å². The third-order valence-electron chi connectivity index (χ3n) is 4.45. The fourth-order valence-corrected chi connectivity index (χ4v) is 3.30. The highest BCUT2D eigenvalue weighted by atomic mass is 16.5. The molecular formula is C20H32O2. The van der Waals surface area contributed by atoms with Crippen LogP contribution in [0.2, 0.25) is 0 Å². The summed E-state index contributed by atoms with van der Waals surface area (Å²) >= 11 is 0. The summed E-state index contributed by atoms with van der Waals surface area (Å²) in [5.41, 5.74) is 1.43. The average Bonchev–Trinajstić information content (AvgIpc) is 2.48. The van der Waals surface area contributed by atoms with E-state index in [1.807, 2.05) is 0 Å². The van der Waals surface area contributed by atoms with E-state index in [1.54, 1.807) is 0 Å². The second kappa shape index (κ2) is 9.19. The van der Waals surface area contributed by atoms with Crippen molar-refractivity contribution in [2.24, 2.45) is 0 Å². The van der Waals surface area contributed by atoms with Crippen LogP contribution in [0.1, 0.15) is 71.3 Å². The summed E-state index contributed by atoms with van der Waals surface area (Å²) in [4.78, 5) is 0. The first-order valence-corrected chi connectivity index (χ1v) is 9.08. The minimum Gasteiger partial charge on any atom is -0.490 e. The van der Waals surface area contributed by atoms with Crippen molar-refractivity contribution in [2.75, 3.05) is 0 Å². The maximum Gasteiger partial charge on any atom is 0.119 e. The van der Waals surface area contributed by atoms with E-state index in [2.05, 4.69) is 45.0 Å². The van der Waals surface area contributed by atoms with Crippen LogP contribution >= 0.6 is 0 Å². The first-order chi connectivity index (χ1) is 10.7. The molecule has 2 heteroatoms. The Balaban J connectivity index is 1.74. The number of unbranched alkanes of at least 4 members (excludes halogenated alkanes) is 4. The van der Waals surface area contributed by atoms with Crippen molar-refractivity contribution in [1.29, 1.82) is 0 Å². The molecule has 0 bridgehead atoms. The standard InChI is InChI=1S/C20H32O2/c1-4-5-6-7-8-9-18-10-12-19(13-11-18)22-20-14-16(2)21-17(3)15-20/h10-13,16-17,20H,4-9,14-15H2,1-3H3. The van der Waals surface area contributed by atoms with Crippen LogP contribution in [0.25, 0.3) is 0 Å². The van der Waals surface area contributed by atoms with Gasteiger partial charge in [0.15, 0.2) is 0 Å². The Morgan fingerprint density at radius 2 is 1.59 bits per heavy atom. The van der Waals surface area contributed by atoms with Crippen LogP contribution in [-0.4, -0.2) is 18.3 Å². The summed E-state index contributed by atoms with van der Waals surface area (Å²) < 4.78 is 11.9. The van der Waals surface area contributed by atoms with Gasteiger partial charge in [0.1, 0.15) is 11.9 Å². The lowest BCUT2D eigenvalue weighted by Crippen LogP contribution is -2.35. The maximum absolute atomic E-state index is 6.13. The second-order valence-corrected chi connectivity index (χ2v) is 6.78. The van der Waals surface area contributed by atoms with Crippen LogP contribution in [0, 0.1) is 0 Å². The number of hydrogen-bond acceptors (Lipinski definition) is 2. The first-order valence-electron chi connectivity index (χ1n) is 9.08. The highest BCUT2D eigenvalue weighted by Gasteiger charge is 2.25. The molecule has 2 unspecified atom stereocenters. The summed E-state index contributed by atoms with van der Waals surface area (Å²) in [6.07, 6.45) is 10.8. The molecule has 0 N–H and O–H groups in total. The predicted molar refractivity (Wildman–Crippen MR) is 92.6 cm³/mol. The van der Waals surface area contributed by atoms with E-state index in [9.17, 15) is 0 Å². The van der Waals surface area contributed by atoms with Gasteiger partial charge < -0.3 is 9.47 Å². The van der Waals surface area contributed by atoms with Crippen LogP contribution in [0.15, 0.2) is 24.3 Å². The molecule has 0 amide bonds. The zero-order valence-electron chi connectivity index (χ0n) is 14.5. The minimum absolute atomic E-state index is 0.290. The molecule has 0 spiro atoms. The van der Waals surface area contributed by atoms with Crippen LogP contribution in [0.4, 0.5) is 0 Å². The van der Waals surface area contributed by atoms with Gasteiger partial charge in [-0.05, 0) is 44.4 Å². The van der Waals surface area contributed by atoms with Gasteiger partial charge in [0.05, 0.1) is 12.2 Å². The van der Waals surface area contributed by atoms with Gasteiger partial charge in [-0.3, -0.25) is 0 Å². The number of hydrogen-bond donors (Lipinski definition) is 0. The van der Waals surface area contributed by atoms with Crippen molar-refractivity contribution in [3.05, 3.63) is 29.8 Å². The molecule has 0 aromatic heterocycles. The molecule has 1 aromatic carbocycles. The fourth-order valence-electron chi connectivity index (χ4n) is 3.30. The van der Waals surface area contributed by atoms with Crippen molar-refractivity contribution in [1.82, 2.24) is 0 Å². The summed E-state index contributed by atoms with van der Waals surface area (Å²) in [6.45, 7) is 6.53. The molecule has 2 nitrogen and oxygen atoms in total. The SMILES string of the molecule is CCCCCCCc1ccc(OC2CC(C)OC(C)C2)cc1. The molecule has 124 valence electrons. The first kappa shape index (κ1) is 17.3. The number of benzene rings is 1. The average molecular weight is 304 g/mol. The monoisotopic (exact) mass is 304 g/mol. The number of rotatable bonds is 8. The van der Waals surface area contributed by atoms with Gasteiger partial charge in [-0.15, -0.1) is 0 Å². The van der Waals surface area contributed by atoms with Crippen LogP contribution in [0.3, 0.4) is 0 Å². The van der Waals surface area contributed by atoms with E-state index in [0.717, 1.165) is 18.6 Å². The summed E-state index contributed by atoms with van der Waals surface area (Å²) in [5, 5.41) is 0. The Kier molecular flexibility index (Phi) is 7.24. The zero-order valence-corrected chi connectivity index (χ0v) is 14.5. The lowest BCUT2D eigenvalue weighted by molar-refractivity contribution is -0.0721. The Labute approximate surface area is 136 Å². The van der Waals surface area contributed by atoms with E-state index in [1.165, 1.54) is 44.1 Å². The molecule has 1 saturated heterocycles. The Morgan fingerprint density at radius 1 is 0.955 bits per heavy atom. The quantitative estimate of drug-likeness (QED) is 0.587. The third kappa shape index (κ3) is 6.00. The molecule has 22 heavy (non-hydrogen) atoms. The van der Waals surface area contributed by atoms with Gasteiger partial charge in [0.2, 0.25) is 0 Å². The fraction of sp³-hybridized carbons (Fsp3) is 0.700. The van der Waals surface area contributed by atoms with Gasteiger partial charge in [0.25, 0.3) is 0 Å². The molecule has 1 aliphatic rings. The molecule has 1 aromatic rings. The normalized spacial score (nSPS) is 25.1. The predicted octanol–water partition coefficient (Wildman–Crippen LogP) is 5.53. The third-order valence-corrected chi connectivity index (χ3v) is 4.45. The lowest BCUT2D eigenvalue weighted by Gasteiger charge is -2.32. The molecule has 0 aliphatic carbocycles. The molecule has 1 heterocycles. The molecule has 2 rings (SSSR count). The Bertz CT molecular complexity index is 402. The second-order valence-electron chi connectivity index (χ2n) is 6.78. The van der Waals surface area contributed by atoms with Gasteiger partial charge >= 0.3 is 0 Å².